The Balaban J connectivity index is 0.00000144. The van der Waals surface area contributed by atoms with Crippen LogP contribution in [0.5, 0.6) is 0 Å². The zero-order valence-corrected chi connectivity index (χ0v) is 11.1. The van der Waals surface area contributed by atoms with Crippen LogP contribution in [-0.2, 0) is 0 Å². The molecule has 2 nitrogen and oxygen atoms in total. The van der Waals surface area contributed by atoms with Crippen LogP contribution in [0.3, 0.4) is 0 Å². The number of hydrogen-bond acceptors (Lipinski definition) is 2. The summed E-state index contributed by atoms with van der Waals surface area (Å²) in [6.45, 7) is 4.17. The Morgan fingerprint density at radius 2 is 1.88 bits per heavy atom. The van der Waals surface area contributed by atoms with E-state index in [0.29, 0.717) is 25.3 Å². The first-order valence-corrected chi connectivity index (χ1v) is 6.30. The van der Waals surface area contributed by atoms with Gasteiger partial charge in [-0.25, -0.2) is 4.39 Å². The topological polar surface area (TPSA) is 15.3 Å². The second-order valence-corrected chi connectivity index (χ2v) is 5.12. The number of halogens is 2. The van der Waals surface area contributed by atoms with Crippen molar-refractivity contribution in [2.45, 2.75) is 31.4 Å². The third kappa shape index (κ3) is 4.13. The van der Waals surface area contributed by atoms with Gasteiger partial charge in [-0.15, -0.1) is 24.8 Å². The molecule has 0 aromatic carbocycles. The molecule has 0 bridgehead atoms. The Labute approximate surface area is 110 Å². The zero-order chi connectivity index (χ0) is 11.4. The number of rotatable bonds is 2. The number of alkyl halides is 1. The Kier molecular flexibility index (Phi) is 5.72. The summed E-state index contributed by atoms with van der Waals surface area (Å²) in [5.41, 5.74) is -0.964. The van der Waals surface area contributed by atoms with E-state index < -0.39 is 5.67 Å². The molecule has 0 saturated carbocycles. The van der Waals surface area contributed by atoms with Gasteiger partial charge in [0.25, 0.3) is 0 Å². The Morgan fingerprint density at radius 3 is 2.41 bits per heavy atom. The molecule has 0 amide bonds. The Bertz CT molecular complexity index is 263. The maximum Gasteiger partial charge on any atom is 0.126 e. The summed E-state index contributed by atoms with van der Waals surface area (Å²) in [5.74, 6) is 3.22. The molecule has 0 unspecified atom stereocenters. The van der Waals surface area contributed by atoms with Gasteiger partial charge >= 0.3 is 0 Å². The average molecular weight is 261 g/mol. The monoisotopic (exact) mass is 260 g/mol. The highest BCUT2D eigenvalue weighted by Crippen LogP contribution is 2.26. The molecule has 98 valence electrons. The average Bonchev–Trinajstić information content (AvgIpc) is 2.30. The summed E-state index contributed by atoms with van der Waals surface area (Å²) in [6.07, 6.45) is 8.78. The van der Waals surface area contributed by atoms with E-state index >= 15 is 0 Å². The molecule has 2 saturated heterocycles. The summed E-state index contributed by atoms with van der Waals surface area (Å²) in [7, 11) is 0. The molecule has 0 spiro atoms. The van der Waals surface area contributed by atoms with Crippen LogP contribution in [0.4, 0.5) is 4.39 Å². The van der Waals surface area contributed by atoms with Gasteiger partial charge in [0.2, 0.25) is 0 Å². The van der Waals surface area contributed by atoms with Crippen LogP contribution in [0, 0.1) is 18.3 Å². The quantitative estimate of drug-likeness (QED) is 0.763. The van der Waals surface area contributed by atoms with Crippen LogP contribution < -0.4 is 5.32 Å². The van der Waals surface area contributed by atoms with Gasteiger partial charge in [0.15, 0.2) is 0 Å². The normalized spacial score (nSPS) is 25.9. The van der Waals surface area contributed by atoms with E-state index in [1.54, 1.807) is 0 Å². The smallest absolute Gasteiger partial charge is 0.126 e. The van der Waals surface area contributed by atoms with Crippen molar-refractivity contribution >= 4 is 12.4 Å². The van der Waals surface area contributed by atoms with Gasteiger partial charge in [-0.2, -0.15) is 0 Å². The summed E-state index contributed by atoms with van der Waals surface area (Å²) in [6, 6.07) is 0. The van der Waals surface area contributed by atoms with Crippen molar-refractivity contribution in [1.29, 1.82) is 0 Å². The van der Waals surface area contributed by atoms with Crippen molar-refractivity contribution in [2.24, 2.45) is 5.92 Å². The van der Waals surface area contributed by atoms with E-state index in [-0.39, 0.29) is 12.4 Å². The Hall–Kier alpha value is -0.300. The molecule has 2 heterocycles. The molecule has 17 heavy (non-hydrogen) atoms. The van der Waals surface area contributed by atoms with Gasteiger partial charge < -0.3 is 10.2 Å². The molecule has 4 heteroatoms. The third-order valence-electron chi connectivity index (χ3n) is 3.83. The van der Waals surface area contributed by atoms with Crippen molar-refractivity contribution < 1.29 is 4.39 Å². The van der Waals surface area contributed by atoms with Crippen molar-refractivity contribution in [2.75, 3.05) is 32.7 Å². The highest BCUT2D eigenvalue weighted by Gasteiger charge is 2.34. The first-order valence-electron chi connectivity index (χ1n) is 6.30. The first kappa shape index (κ1) is 14.8. The van der Waals surface area contributed by atoms with Crippen LogP contribution in [-0.4, -0.2) is 43.3 Å². The molecule has 2 fully saturated rings. The van der Waals surface area contributed by atoms with E-state index in [2.05, 4.69) is 16.1 Å². The molecular formula is C13H22ClFN2. The minimum atomic E-state index is -0.964. The van der Waals surface area contributed by atoms with E-state index in [9.17, 15) is 4.39 Å². The van der Waals surface area contributed by atoms with E-state index in [1.807, 2.05) is 0 Å². The second-order valence-electron chi connectivity index (χ2n) is 5.12. The molecule has 2 aliphatic heterocycles. The predicted molar refractivity (Wildman–Crippen MR) is 71.2 cm³/mol. The van der Waals surface area contributed by atoms with Crippen LogP contribution in [0.1, 0.15) is 25.7 Å². The van der Waals surface area contributed by atoms with Crippen LogP contribution >= 0.6 is 12.4 Å². The fourth-order valence-electron chi connectivity index (χ4n) is 2.69. The molecule has 0 aromatic rings. The van der Waals surface area contributed by atoms with Gasteiger partial charge in [0, 0.05) is 12.5 Å². The number of terminal acetylenes is 1. The lowest BCUT2D eigenvalue weighted by Gasteiger charge is -2.37. The van der Waals surface area contributed by atoms with Crippen LogP contribution in [0.25, 0.3) is 0 Å². The van der Waals surface area contributed by atoms with Gasteiger partial charge in [-0.1, -0.05) is 0 Å². The lowest BCUT2D eigenvalue weighted by Crippen LogP contribution is -2.48. The molecule has 0 aliphatic carbocycles. The second kappa shape index (κ2) is 6.58. The van der Waals surface area contributed by atoms with E-state index in [1.165, 1.54) is 0 Å². The molecule has 1 N–H and O–H groups in total. The largest absolute Gasteiger partial charge is 0.316 e. The predicted octanol–water partition coefficient (Wildman–Crippen LogP) is 1.85. The highest BCUT2D eigenvalue weighted by molar-refractivity contribution is 5.85. The van der Waals surface area contributed by atoms with Crippen LogP contribution in [0.2, 0.25) is 0 Å². The van der Waals surface area contributed by atoms with Gasteiger partial charge in [-0.3, -0.25) is 0 Å². The number of nitrogens with zero attached hydrogens (tertiary/aromatic N) is 1. The molecule has 0 aromatic heterocycles. The fraction of sp³-hybridized carbons (Fsp3) is 0.846. The molecule has 2 aliphatic rings. The number of piperidine rings is 2. The van der Waals surface area contributed by atoms with Crippen molar-refractivity contribution in [3.63, 3.8) is 0 Å². The lowest BCUT2D eigenvalue weighted by molar-refractivity contribution is 0.0498. The fourth-order valence-corrected chi connectivity index (χ4v) is 2.69. The number of hydrogen-bond donors (Lipinski definition) is 1. The summed E-state index contributed by atoms with van der Waals surface area (Å²) < 4.78 is 14.4. The maximum atomic E-state index is 14.4. The van der Waals surface area contributed by atoms with E-state index in [4.69, 9.17) is 6.42 Å². The first-order chi connectivity index (χ1) is 7.72. The SMILES string of the molecule is C#CC1CCN(CC2(F)CCNCC2)CC1.Cl. The number of likely N-dealkylation sites (tertiary alicyclic amines) is 1. The molecule has 0 atom stereocenters. The molecule has 2 rings (SSSR count). The molecule has 0 radical (unpaired) electrons. The standard InChI is InChI=1S/C13H21FN2.ClH/c1-2-12-3-9-16(10-4-12)11-13(14)5-7-15-8-6-13;/h1,12,15H,3-11H2;1H. The zero-order valence-electron chi connectivity index (χ0n) is 10.3. The van der Waals surface area contributed by atoms with E-state index in [0.717, 1.165) is 39.0 Å². The minimum Gasteiger partial charge on any atom is -0.316 e. The minimum absolute atomic E-state index is 0. The lowest BCUT2D eigenvalue weighted by atomic mass is 9.91. The van der Waals surface area contributed by atoms with Crippen molar-refractivity contribution in [1.82, 2.24) is 10.2 Å². The van der Waals surface area contributed by atoms with Gasteiger partial charge in [0.1, 0.15) is 5.67 Å². The van der Waals surface area contributed by atoms with Gasteiger partial charge in [0.05, 0.1) is 0 Å². The summed E-state index contributed by atoms with van der Waals surface area (Å²) in [5, 5.41) is 3.21. The summed E-state index contributed by atoms with van der Waals surface area (Å²) in [4.78, 5) is 2.25. The molecular weight excluding hydrogens is 239 g/mol. The number of nitrogens with one attached hydrogen (secondary N) is 1. The van der Waals surface area contributed by atoms with Crippen molar-refractivity contribution in [3.05, 3.63) is 0 Å². The highest BCUT2D eigenvalue weighted by atomic mass is 35.5. The summed E-state index contributed by atoms with van der Waals surface area (Å²) >= 11 is 0. The maximum absolute atomic E-state index is 14.4. The van der Waals surface area contributed by atoms with Crippen molar-refractivity contribution in [3.8, 4) is 12.3 Å². The Morgan fingerprint density at radius 1 is 1.29 bits per heavy atom. The van der Waals surface area contributed by atoms with Crippen LogP contribution in [0.15, 0.2) is 0 Å². The van der Waals surface area contributed by atoms with Gasteiger partial charge in [-0.05, 0) is 51.9 Å². The third-order valence-corrected chi connectivity index (χ3v) is 3.83.